The summed E-state index contributed by atoms with van der Waals surface area (Å²) in [6.07, 6.45) is 3.58. The first-order valence-electron chi connectivity index (χ1n) is 7.07. The fourth-order valence-corrected chi connectivity index (χ4v) is 2.72. The van der Waals surface area contributed by atoms with E-state index in [1.54, 1.807) is 39.2 Å². The number of hydrogen-bond acceptors (Lipinski definition) is 6. The van der Waals surface area contributed by atoms with Crippen LogP contribution in [-0.2, 0) is 4.79 Å². The number of nitrogens with zero attached hydrogens (tertiary/aromatic N) is 3. The summed E-state index contributed by atoms with van der Waals surface area (Å²) in [5, 5.41) is 12.4. The second kappa shape index (κ2) is 6.82. The van der Waals surface area contributed by atoms with Crippen LogP contribution in [0.25, 0.3) is 10.8 Å². The highest BCUT2D eigenvalue weighted by molar-refractivity contribution is 7.17. The second-order valence-electron chi connectivity index (χ2n) is 5.70. The maximum Gasteiger partial charge on any atom is 0.309 e. The first-order chi connectivity index (χ1) is 10.8. The Morgan fingerprint density at radius 3 is 2.57 bits per heavy atom. The Morgan fingerprint density at radius 1 is 1.30 bits per heavy atom. The summed E-state index contributed by atoms with van der Waals surface area (Å²) in [5.74, 6) is -0.667. The van der Waals surface area contributed by atoms with Crippen LogP contribution >= 0.6 is 11.3 Å². The molecule has 1 amide bonds. The van der Waals surface area contributed by atoms with Crippen molar-refractivity contribution in [2.75, 3.05) is 6.54 Å². The molecule has 122 valence electrons. The minimum Gasteiger partial charge on any atom is -0.481 e. The first kappa shape index (κ1) is 17.0. The lowest BCUT2D eigenvalue weighted by Gasteiger charge is -2.18. The zero-order valence-electron chi connectivity index (χ0n) is 13.2. The van der Waals surface area contributed by atoms with Gasteiger partial charge in [-0.1, -0.05) is 0 Å². The fraction of sp³-hybridized carbons (Fsp3) is 0.400. The lowest BCUT2D eigenvalue weighted by Crippen LogP contribution is -2.31. The van der Waals surface area contributed by atoms with Crippen molar-refractivity contribution in [1.82, 2.24) is 20.3 Å². The Morgan fingerprint density at radius 2 is 1.96 bits per heavy atom. The summed E-state index contributed by atoms with van der Waals surface area (Å²) >= 11 is 1.22. The van der Waals surface area contributed by atoms with Gasteiger partial charge >= 0.3 is 5.97 Å². The second-order valence-corrected chi connectivity index (χ2v) is 6.70. The molecule has 23 heavy (non-hydrogen) atoms. The predicted molar refractivity (Wildman–Crippen MR) is 86.2 cm³/mol. The summed E-state index contributed by atoms with van der Waals surface area (Å²) in [4.78, 5) is 36.3. The van der Waals surface area contributed by atoms with Gasteiger partial charge in [0.1, 0.15) is 4.88 Å². The van der Waals surface area contributed by atoms with Gasteiger partial charge in [0.25, 0.3) is 5.91 Å². The fourth-order valence-electron chi connectivity index (χ4n) is 1.79. The van der Waals surface area contributed by atoms with E-state index >= 15 is 0 Å². The van der Waals surface area contributed by atoms with E-state index in [4.69, 9.17) is 5.11 Å². The number of carboxylic acid groups (broad SMARTS) is 1. The Kier molecular flexibility index (Phi) is 5.05. The highest BCUT2D eigenvalue weighted by atomic mass is 32.1. The molecule has 2 aromatic rings. The van der Waals surface area contributed by atoms with Crippen molar-refractivity contribution in [3.8, 4) is 10.8 Å². The minimum atomic E-state index is -0.885. The van der Waals surface area contributed by atoms with Crippen LogP contribution in [0, 0.1) is 12.3 Å². The molecule has 0 bridgehead atoms. The summed E-state index contributed by atoms with van der Waals surface area (Å²) in [6.45, 7) is 5.29. The molecule has 0 spiro atoms. The van der Waals surface area contributed by atoms with Crippen molar-refractivity contribution in [1.29, 1.82) is 0 Å². The molecule has 0 aliphatic heterocycles. The van der Waals surface area contributed by atoms with Crippen LogP contribution < -0.4 is 5.32 Å². The Bertz CT molecular complexity index is 713. The van der Waals surface area contributed by atoms with Gasteiger partial charge in [-0.25, -0.2) is 15.0 Å². The molecule has 2 aromatic heterocycles. The largest absolute Gasteiger partial charge is 0.481 e. The molecule has 0 atom stereocenters. The van der Waals surface area contributed by atoms with Crippen molar-refractivity contribution in [3.05, 3.63) is 29.0 Å². The van der Waals surface area contributed by atoms with E-state index in [0.29, 0.717) is 27.8 Å². The van der Waals surface area contributed by atoms with E-state index in [2.05, 4.69) is 20.3 Å². The Balaban J connectivity index is 2.03. The number of rotatable bonds is 6. The number of amides is 1. The number of carboxylic acids is 1. The lowest BCUT2D eigenvalue weighted by atomic mass is 9.90. The van der Waals surface area contributed by atoms with E-state index in [9.17, 15) is 9.59 Å². The van der Waals surface area contributed by atoms with E-state index in [-0.39, 0.29) is 12.5 Å². The van der Waals surface area contributed by atoms with Crippen molar-refractivity contribution >= 4 is 23.2 Å². The van der Waals surface area contributed by atoms with Gasteiger partial charge in [0.2, 0.25) is 0 Å². The van der Waals surface area contributed by atoms with Gasteiger partial charge in [-0.05, 0) is 33.3 Å². The zero-order chi connectivity index (χ0) is 17.0. The van der Waals surface area contributed by atoms with Crippen molar-refractivity contribution < 1.29 is 14.7 Å². The molecule has 0 radical (unpaired) electrons. The van der Waals surface area contributed by atoms with Crippen LogP contribution in [0.15, 0.2) is 18.5 Å². The number of carbonyl (C=O) groups is 2. The van der Waals surface area contributed by atoms with Crippen molar-refractivity contribution in [3.63, 3.8) is 0 Å². The average molecular weight is 334 g/mol. The molecule has 0 aromatic carbocycles. The van der Waals surface area contributed by atoms with E-state index in [1.807, 2.05) is 0 Å². The molecule has 0 unspecified atom stereocenters. The van der Waals surface area contributed by atoms with Crippen molar-refractivity contribution in [2.24, 2.45) is 5.41 Å². The highest BCUT2D eigenvalue weighted by Gasteiger charge is 2.27. The minimum absolute atomic E-state index is 0.261. The number of aliphatic carboxylic acids is 1. The average Bonchev–Trinajstić information content (AvgIpc) is 2.90. The molecule has 2 N–H and O–H groups in total. The monoisotopic (exact) mass is 334 g/mol. The van der Waals surface area contributed by atoms with Gasteiger partial charge in [0.15, 0.2) is 10.8 Å². The van der Waals surface area contributed by atoms with Gasteiger partial charge in [-0.2, -0.15) is 0 Å². The van der Waals surface area contributed by atoms with Crippen LogP contribution in [-0.4, -0.2) is 38.5 Å². The maximum absolute atomic E-state index is 12.2. The lowest BCUT2D eigenvalue weighted by molar-refractivity contribution is -0.147. The molecular weight excluding hydrogens is 316 g/mol. The van der Waals surface area contributed by atoms with Crippen molar-refractivity contribution in [2.45, 2.75) is 27.2 Å². The Labute approximate surface area is 137 Å². The molecule has 0 aliphatic rings. The summed E-state index contributed by atoms with van der Waals surface area (Å²) < 4.78 is 0. The molecule has 0 fully saturated rings. The van der Waals surface area contributed by atoms with Crippen LogP contribution in [0.2, 0.25) is 0 Å². The third kappa shape index (κ3) is 4.10. The molecule has 2 heterocycles. The summed E-state index contributed by atoms with van der Waals surface area (Å²) in [7, 11) is 0. The number of aryl methyl sites for hydroxylation is 1. The van der Waals surface area contributed by atoms with Gasteiger partial charge in [0.05, 0.1) is 11.1 Å². The van der Waals surface area contributed by atoms with Gasteiger partial charge in [-0.3, -0.25) is 9.59 Å². The van der Waals surface area contributed by atoms with Gasteiger partial charge in [0, 0.05) is 18.9 Å². The quantitative estimate of drug-likeness (QED) is 0.838. The van der Waals surface area contributed by atoms with Gasteiger partial charge < -0.3 is 10.4 Å². The third-order valence-corrected chi connectivity index (χ3v) is 4.53. The number of thiazole rings is 1. The molecule has 8 heteroatoms. The molecule has 2 rings (SSSR count). The van der Waals surface area contributed by atoms with Crippen LogP contribution in [0.3, 0.4) is 0 Å². The molecule has 0 saturated heterocycles. The number of aromatic nitrogens is 3. The van der Waals surface area contributed by atoms with Crippen LogP contribution in [0.5, 0.6) is 0 Å². The van der Waals surface area contributed by atoms with Crippen LogP contribution in [0.1, 0.15) is 35.6 Å². The van der Waals surface area contributed by atoms with E-state index in [0.717, 1.165) is 0 Å². The molecule has 0 aliphatic carbocycles. The first-order valence-corrected chi connectivity index (χ1v) is 7.89. The predicted octanol–water partition coefficient (Wildman–Crippen LogP) is 2.14. The van der Waals surface area contributed by atoms with Gasteiger partial charge in [-0.15, -0.1) is 11.3 Å². The number of hydrogen-bond donors (Lipinski definition) is 2. The summed E-state index contributed by atoms with van der Waals surface area (Å²) in [6, 6.07) is 1.71. The zero-order valence-corrected chi connectivity index (χ0v) is 14.0. The van der Waals surface area contributed by atoms with E-state index < -0.39 is 11.4 Å². The highest BCUT2D eigenvalue weighted by Crippen LogP contribution is 2.25. The molecular formula is C15H18N4O3S. The normalized spacial score (nSPS) is 11.3. The molecule has 7 nitrogen and oxygen atoms in total. The SMILES string of the molecule is Cc1nc(-c2ncccn2)sc1C(=O)NCCC(C)(C)C(=O)O. The maximum atomic E-state index is 12.2. The van der Waals surface area contributed by atoms with E-state index in [1.165, 1.54) is 11.3 Å². The standard InChI is InChI=1S/C15H18N4O3S/c1-9-10(12(20)18-8-5-15(2,3)14(21)22)23-13(19-9)11-16-6-4-7-17-11/h4,6-7H,5,8H2,1-3H3,(H,18,20)(H,21,22). The summed E-state index contributed by atoms with van der Waals surface area (Å²) in [5.41, 5.74) is -0.272. The number of carbonyl (C=O) groups excluding carboxylic acids is 1. The third-order valence-electron chi connectivity index (χ3n) is 3.37. The molecule has 0 saturated carbocycles. The van der Waals surface area contributed by atoms with Crippen LogP contribution in [0.4, 0.5) is 0 Å². The Hall–Kier alpha value is -2.35. The smallest absolute Gasteiger partial charge is 0.309 e. The topological polar surface area (TPSA) is 105 Å². The number of nitrogens with one attached hydrogen (secondary N) is 1.